The maximum atomic E-state index is 12.6. The quantitative estimate of drug-likeness (QED) is 0.391. The number of piperidine rings is 1. The second-order valence-corrected chi connectivity index (χ2v) is 7.69. The van der Waals surface area contributed by atoms with Gasteiger partial charge in [-0.2, -0.15) is 0 Å². The van der Waals surface area contributed by atoms with Crippen LogP contribution in [0.4, 0.5) is 5.95 Å². The highest BCUT2D eigenvalue weighted by Gasteiger charge is 2.27. The lowest BCUT2D eigenvalue weighted by Gasteiger charge is -2.35. The standard InChI is InChI=1S/C21H33N7O3/c1-3-22-20(27-11-6-17(7-12-27)19(30)31-2)25-10-5-18(29)26-13-15-28(16-14-26)21-23-8-4-9-24-21/h4,8-9,17H,3,5-7,10-16H2,1-2H3,(H,22,25). The number of methoxy groups -OCH3 is 1. The fourth-order valence-corrected chi connectivity index (χ4v) is 3.95. The third kappa shape index (κ3) is 6.28. The second-order valence-electron chi connectivity index (χ2n) is 7.69. The summed E-state index contributed by atoms with van der Waals surface area (Å²) in [5.74, 6) is 1.48. The molecule has 1 aromatic rings. The van der Waals surface area contributed by atoms with E-state index in [1.54, 1.807) is 18.5 Å². The summed E-state index contributed by atoms with van der Waals surface area (Å²) in [6, 6.07) is 1.80. The molecule has 1 aromatic heterocycles. The van der Waals surface area contributed by atoms with Gasteiger partial charge in [-0.05, 0) is 25.8 Å². The van der Waals surface area contributed by atoms with E-state index in [0.29, 0.717) is 32.0 Å². The lowest BCUT2D eigenvalue weighted by Crippen LogP contribution is -2.49. The van der Waals surface area contributed by atoms with Gasteiger partial charge >= 0.3 is 5.97 Å². The molecule has 2 saturated heterocycles. The van der Waals surface area contributed by atoms with Crippen molar-refractivity contribution < 1.29 is 14.3 Å². The Morgan fingerprint density at radius 2 is 1.77 bits per heavy atom. The van der Waals surface area contributed by atoms with Gasteiger partial charge in [0.05, 0.1) is 19.6 Å². The highest BCUT2D eigenvalue weighted by atomic mass is 16.5. The summed E-state index contributed by atoms with van der Waals surface area (Å²) in [6.45, 7) is 7.54. The van der Waals surface area contributed by atoms with Gasteiger partial charge in [-0.1, -0.05) is 0 Å². The highest BCUT2D eigenvalue weighted by molar-refractivity contribution is 5.81. The van der Waals surface area contributed by atoms with Gasteiger partial charge in [0.1, 0.15) is 0 Å². The number of aromatic nitrogens is 2. The molecule has 170 valence electrons. The average molecular weight is 432 g/mol. The number of amides is 1. The molecule has 1 amide bonds. The second kappa shape index (κ2) is 11.5. The summed E-state index contributed by atoms with van der Waals surface area (Å²) in [5.41, 5.74) is 0. The van der Waals surface area contributed by atoms with Crippen LogP contribution in [0, 0.1) is 5.92 Å². The molecule has 0 bridgehead atoms. The first-order chi connectivity index (χ1) is 15.1. The number of nitrogens with zero attached hydrogens (tertiary/aromatic N) is 6. The number of ether oxygens (including phenoxy) is 1. The van der Waals surface area contributed by atoms with Crippen molar-refractivity contribution in [2.45, 2.75) is 26.2 Å². The van der Waals surface area contributed by atoms with Crippen molar-refractivity contribution in [1.29, 1.82) is 0 Å². The van der Waals surface area contributed by atoms with Gasteiger partial charge in [0.15, 0.2) is 5.96 Å². The van der Waals surface area contributed by atoms with Crippen molar-refractivity contribution in [2.75, 3.05) is 64.4 Å². The Bertz CT molecular complexity index is 743. The number of hydrogen-bond donors (Lipinski definition) is 1. The topological polar surface area (TPSA) is 103 Å². The summed E-state index contributed by atoms with van der Waals surface area (Å²) in [5, 5.41) is 3.30. The lowest BCUT2D eigenvalue weighted by atomic mass is 9.97. The first kappa shape index (κ1) is 22.8. The van der Waals surface area contributed by atoms with Crippen molar-refractivity contribution in [3.63, 3.8) is 0 Å². The molecule has 0 aliphatic carbocycles. The molecule has 0 radical (unpaired) electrons. The Morgan fingerprint density at radius 3 is 2.39 bits per heavy atom. The van der Waals surface area contributed by atoms with Crippen LogP contribution in [0.1, 0.15) is 26.2 Å². The number of anilines is 1. The molecular formula is C21H33N7O3. The van der Waals surface area contributed by atoms with Gasteiger partial charge in [0, 0.05) is 64.6 Å². The fraction of sp³-hybridized carbons (Fsp3) is 0.667. The van der Waals surface area contributed by atoms with E-state index < -0.39 is 0 Å². The summed E-state index contributed by atoms with van der Waals surface area (Å²) in [6.07, 6.45) is 5.36. The van der Waals surface area contributed by atoms with Crippen molar-refractivity contribution >= 4 is 23.8 Å². The Morgan fingerprint density at radius 1 is 1.10 bits per heavy atom. The Labute approximate surface area is 183 Å². The van der Waals surface area contributed by atoms with Crippen molar-refractivity contribution in [3.05, 3.63) is 18.5 Å². The highest BCUT2D eigenvalue weighted by Crippen LogP contribution is 2.18. The zero-order valence-electron chi connectivity index (χ0n) is 18.5. The first-order valence-electron chi connectivity index (χ1n) is 11.0. The van der Waals surface area contributed by atoms with Gasteiger partial charge in [0.2, 0.25) is 11.9 Å². The van der Waals surface area contributed by atoms with E-state index in [-0.39, 0.29) is 17.8 Å². The Hall–Kier alpha value is -2.91. The summed E-state index contributed by atoms with van der Waals surface area (Å²) in [7, 11) is 1.44. The lowest BCUT2D eigenvalue weighted by molar-refractivity contribution is -0.146. The number of guanidine groups is 1. The number of likely N-dealkylation sites (tertiary alicyclic amines) is 1. The van der Waals surface area contributed by atoms with Crippen LogP contribution in [0.15, 0.2) is 23.5 Å². The third-order valence-electron chi connectivity index (χ3n) is 5.72. The number of carbonyl (C=O) groups excluding carboxylic acids is 2. The van der Waals surface area contributed by atoms with Crippen LogP contribution in [-0.2, 0) is 14.3 Å². The van der Waals surface area contributed by atoms with Crippen LogP contribution >= 0.6 is 0 Å². The van der Waals surface area contributed by atoms with Crippen molar-refractivity contribution in [2.24, 2.45) is 10.9 Å². The maximum Gasteiger partial charge on any atom is 0.308 e. The molecule has 31 heavy (non-hydrogen) atoms. The number of carbonyl (C=O) groups is 2. The number of hydrogen-bond acceptors (Lipinski definition) is 7. The van der Waals surface area contributed by atoms with E-state index in [0.717, 1.165) is 51.5 Å². The predicted octanol–water partition coefficient (Wildman–Crippen LogP) is 0.366. The monoisotopic (exact) mass is 431 g/mol. The number of esters is 1. The van der Waals surface area contributed by atoms with Crippen LogP contribution in [0.5, 0.6) is 0 Å². The van der Waals surface area contributed by atoms with Crippen molar-refractivity contribution in [1.82, 2.24) is 25.1 Å². The van der Waals surface area contributed by atoms with Gasteiger partial charge in [-0.3, -0.25) is 14.6 Å². The van der Waals surface area contributed by atoms with E-state index >= 15 is 0 Å². The normalized spacial score (nSPS) is 18.1. The van der Waals surface area contributed by atoms with Gasteiger partial charge < -0.3 is 24.8 Å². The molecule has 3 rings (SSSR count). The van der Waals surface area contributed by atoms with E-state index in [1.807, 2.05) is 11.8 Å². The minimum Gasteiger partial charge on any atom is -0.469 e. The molecule has 0 aromatic carbocycles. The molecule has 10 heteroatoms. The van der Waals surface area contributed by atoms with E-state index in [2.05, 4.69) is 30.1 Å². The number of rotatable bonds is 6. The predicted molar refractivity (Wildman–Crippen MR) is 118 cm³/mol. The molecule has 3 heterocycles. The number of aliphatic imine (C=N–C) groups is 1. The zero-order chi connectivity index (χ0) is 22.1. The smallest absolute Gasteiger partial charge is 0.308 e. The minimum absolute atomic E-state index is 0.0364. The summed E-state index contributed by atoms with van der Waals surface area (Å²) < 4.78 is 4.86. The summed E-state index contributed by atoms with van der Waals surface area (Å²) in [4.78, 5) is 43.7. The SMILES string of the molecule is CCNC(=NCCC(=O)N1CCN(c2ncccn2)CC1)N1CCC(C(=O)OC)CC1. The van der Waals surface area contributed by atoms with E-state index in [9.17, 15) is 9.59 Å². The van der Waals surface area contributed by atoms with Crippen LogP contribution in [-0.4, -0.2) is 97.1 Å². The van der Waals surface area contributed by atoms with E-state index in [4.69, 9.17) is 4.74 Å². The van der Waals surface area contributed by atoms with Crippen LogP contribution in [0.2, 0.25) is 0 Å². The minimum atomic E-state index is -0.133. The van der Waals surface area contributed by atoms with Crippen LogP contribution < -0.4 is 10.2 Å². The molecule has 2 aliphatic rings. The fourth-order valence-electron chi connectivity index (χ4n) is 3.95. The summed E-state index contributed by atoms with van der Waals surface area (Å²) >= 11 is 0. The van der Waals surface area contributed by atoms with Gasteiger partial charge in [-0.15, -0.1) is 0 Å². The molecule has 2 fully saturated rings. The molecule has 1 N–H and O–H groups in total. The van der Waals surface area contributed by atoms with Crippen LogP contribution in [0.25, 0.3) is 0 Å². The molecule has 0 unspecified atom stereocenters. The number of piperazine rings is 1. The molecule has 0 saturated carbocycles. The molecular weight excluding hydrogens is 398 g/mol. The Kier molecular flexibility index (Phi) is 8.43. The van der Waals surface area contributed by atoms with Crippen LogP contribution in [0.3, 0.4) is 0 Å². The third-order valence-corrected chi connectivity index (χ3v) is 5.72. The van der Waals surface area contributed by atoms with Gasteiger partial charge in [0.25, 0.3) is 0 Å². The molecule has 0 spiro atoms. The molecule has 2 aliphatic heterocycles. The molecule has 0 atom stereocenters. The van der Waals surface area contributed by atoms with E-state index in [1.165, 1.54) is 7.11 Å². The Balaban J connectivity index is 1.44. The average Bonchev–Trinajstić information content (AvgIpc) is 2.83. The first-order valence-corrected chi connectivity index (χ1v) is 11.0. The van der Waals surface area contributed by atoms with Crippen molar-refractivity contribution in [3.8, 4) is 0 Å². The largest absolute Gasteiger partial charge is 0.469 e. The zero-order valence-corrected chi connectivity index (χ0v) is 18.5. The maximum absolute atomic E-state index is 12.6. The number of nitrogens with one attached hydrogen (secondary N) is 1. The van der Waals surface area contributed by atoms with Gasteiger partial charge in [-0.25, -0.2) is 9.97 Å². The molecule has 10 nitrogen and oxygen atoms in total.